The van der Waals surface area contributed by atoms with Crippen molar-refractivity contribution in [2.24, 2.45) is 0 Å². The van der Waals surface area contributed by atoms with E-state index in [-0.39, 0.29) is 22.9 Å². The first kappa shape index (κ1) is 15.9. The molecule has 0 spiro atoms. The van der Waals surface area contributed by atoms with Crippen LogP contribution in [0.3, 0.4) is 0 Å². The van der Waals surface area contributed by atoms with Crippen molar-refractivity contribution in [1.82, 2.24) is 0 Å². The minimum atomic E-state index is -0.489. The lowest BCUT2D eigenvalue weighted by Crippen LogP contribution is -2.31. The van der Waals surface area contributed by atoms with Gasteiger partial charge in [0.2, 0.25) is 0 Å². The molecule has 0 radical (unpaired) electrons. The molecule has 108 valence electrons. The second kappa shape index (κ2) is 6.35. The summed E-state index contributed by atoms with van der Waals surface area (Å²) in [6.07, 6.45) is 0.695. The van der Waals surface area contributed by atoms with Gasteiger partial charge in [-0.05, 0) is 39.3 Å². The average molecular weight is 277 g/mol. The first-order valence-corrected chi connectivity index (χ1v) is 6.29. The number of anilines is 1. The molecule has 0 aliphatic heterocycles. The van der Waals surface area contributed by atoms with Gasteiger partial charge < -0.3 is 10.1 Å². The maximum absolute atomic E-state index is 11.0. The third-order valence-corrected chi connectivity index (χ3v) is 3.08. The normalized spacial score (nSPS) is 12.6. The van der Waals surface area contributed by atoms with Crippen LogP contribution in [0.5, 0.6) is 0 Å². The van der Waals surface area contributed by atoms with Gasteiger partial charge >= 0.3 is 0 Å². The molecule has 1 aromatic carbocycles. The van der Waals surface area contributed by atoms with E-state index >= 15 is 0 Å². The van der Waals surface area contributed by atoms with E-state index in [1.807, 2.05) is 26.8 Å². The van der Waals surface area contributed by atoms with Crippen LogP contribution >= 0.6 is 0 Å². The van der Waals surface area contributed by atoms with Crippen LogP contribution in [0.2, 0.25) is 0 Å². The molecule has 1 rings (SSSR count). The number of hydrogen-bond acceptors (Lipinski definition) is 5. The minimum Gasteiger partial charge on any atom is -0.379 e. The lowest BCUT2D eigenvalue weighted by Gasteiger charge is -2.27. The molecular formula is C14H19N3O3. The molecular weight excluding hydrogens is 258 g/mol. The summed E-state index contributed by atoms with van der Waals surface area (Å²) in [7, 11) is 1.64. The van der Waals surface area contributed by atoms with Crippen LogP contribution in [0.1, 0.15) is 32.8 Å². The SMILES string of the molecule is COC(C)(C)CC(C)Nc1ccc(C#N)cc1[N+](=O)[O-]. The first-order chi connectivity index (χ1) is 9.29. The quantitative estimate of drug-likeness (QED) is 0.637. The van der Waals surface area contributed by atoms with Crippen molar-refractivity contribution in [3.8, 4) is 6.07 Å². The van der Waals surface area contributed by atoms with Gasteiger partial charge in [-0.15, -0.1) is 0 Å². The molecule has 20 heavy (non-hydrogen) atoms. The standard InChI is InChI=1S/C14H19N3O3/c1-10(8-14(2,3)20-4)16-12-6-5-11(9-15)7-13(12)17(18)19/h5-7,10,16H,8H2,1-4H3. The third-order valence-electron chi connectivity index (χ3n) is 3.08. The number of hydrogen-bond donors (Lipinski definition) is 1. The van der Waals surface area contributed by atoms with Crippen LogP contribution in [0.25, 0.3) is 0 Å². The van der Waals surface area contributed by atoms with Crippen molar-refractivity contribution in [3.05, 3.63) is 33.9 Å². The number of nitro groups is 1. The fraction of sp³-hybridized carbons (Fsp3) is 0.500. The molecule has 1 unspecified atom stereocenters. The molecule has 0 saturated heterocycles. The number of nitriles is 1. The highest BCUT2D eigenvalue weighted by molar-refractivity contribution is 5.64. The molecule has 6 nitrogen and oxygen atoms in total. The van der Waals surface area contributed by atoms with E-state index in [1.54, 1.807) is 19.2 Å². The Balaban J connectivity index is 2.92. The lowest BCUT2D eigenvalue weighted by molar-refractivity contribution is -0.384. The highest BCUT2D eigenvalue weighted by Gasteiger charge is 2.22. The Morgan fingerprint density at radius 3 is 2.70 bits per heavy atom. The van der Waals surface area contributed by atoms with Crippen LogP contribution in [-0.2, 0) is 4.74 Å². The van der Waals surface area contributed by atoms with Crippen LogP contribution < -0.4 is 5.32 Å². The second-order valence-electron chi connectivity index (χ2n) is 5.31. The highest BCUT2D eigenvalue weighted by atomic mass is 16.6. The van der Waals surface area contributed by atoms with E-state index in [9.17, 15) is 10.1 Å². The van der Waals surface area contributed by atoms with E-state index in [2.05, 4.69) is 5.32 Å². The van der Waals surface area contributed by atoms with Gasteiger partial charge in [0.15, 0.2) is 0 Å². The van der Waals surface area contributed by atoms with Crippen molar-refractivity contribution in [2.45, 2.75) is 38.8 Å². The highest BCUT2D eigenvalue weighted by Crippen LogP contribution is 2.27. The Hall–Kier alpha value is -2.13. The van der Waals surface area contributed by atoms with E-state index in [1.165, 1.54) is 6.07 Å². The summed E-state index contributed by atoms with van der Waals surface area (Å²) in [6, 6.07) is 6.29. The summed E-state index contributed by atoms with van der Waals surface area (Å²) in [5.74, 6) is 0. The maximum atomic E-state index is 11.0. The zero-order chi connectivity index (χ0) is 15.3. The molecule has 0 bridgehead atoms. The molecule has 1 N–H and O–H groups in total. The van der Waals surface area contributed by atoms with Gasteiger partial charge in [-0.1, -0.05) is 0 Å². The van der Waals surface area contributed by atoms with Gasteiger partial charge in [-0.2, -0.15) is 5.26 Å². The van der Waals surface area contributed by atoms with Gasteiger partial charge in [-0.3, -0.25) is 10.1 Å². The van der Waals surface area contributed by atoms with Crippen LogP contribution in [0, 0.1) is 21.4 Å². The number of methoxy groups -OCH3 is 1. The fourth-order valence-corrected chi connectivity index (χ4v) is 2.01. The molecule has 0 amide bonds. The van der Waals surface area contributed by atoms with E-state index < -0.39 is 4.92 Å². The summed E-state index contributed by atoms with van der Waals surface area (Å²) in [6.45, 7) is 5.85. The van der Waals surface area contributed by atoms with Crippen molar-refractivity contribution in [2.75, 3.05) is 12.4 Å². The molecule has 0 saturated carbocycles. The fourth-order valence-electron chi connectivity index (χ4n) is 2.01. The van der Waals surface area contributed by atoms with E-state index in [4.69, 9.17) is 10.00 Å². The number of nitro benzene ring substituents is 1. The Morgan fingerprint density at radius 2 is 2.20 bits per heavy atom. The van der Waals surface area contributed by atoms with Gasteiger partial charge in [0.25, 0.3) is 5.69 Å². The predicted octanol–water partition coefficient (Wildman–Crippen LogP) is 3.08. The molecule has 6 heteroatoms. The molecule has 0 aliphatic carbocycles. The largest absolute Gasteiger partial charge is 0.379 e. The Bertz CT molecular complexity index is 535. The average Bonchev–Trinajstić information content (AvgIpc) is 2.38. The van der Waals surface area contributed by atoms with Gasteiger partial charge in [0.05, 0.1) is 22.2 Å². The van der Waals surface area contributed by atoms with E-state index in [0.29, 0.717) is 12.1 Å². The monoisotopic (exact) mass is 277 g/mol. The molecule has 0 aliphatic rings. The van der Waals surface area contributed by atoms with Crippen LogP contribution in [-0.4, -0.2) is 23.7 Å². The Morgan fingerprint density at radius 1 is 1.55 bits per heavy atom. The zero-order valence-corrected chi connectivity index (χ0v) is 12.1. The second-order valence-corrected chi connectivity index (χ2v) is 5.31. The Labute approximate surface area is 118 Å². The predicted molar refractivity (Wildman–Crippen MR) is 76.6 cm³/mol. The maximum Gasteiger partial charge on any atom is 0.293 e. The van der Waals surface area contributed by atoms with Gasteiger partial charge in [0, 0.05) is 19.2 Å². The number of ether oxygens (including phenoxy) is 1. The topological polar surface area (TPSA) is 88.2 Å². The summed E-state index contributed by atoms with van der Waals surface area (Å²) in [5, 5.41) is 22.9. The van der Waals surface area contributed by atoms with E-state index in [0.717, 1.165) is 0 Å². The van der Waals surface area contributed by atoms with Crippen molar-refractivity contribution in [1.29, 1.82) is 5.26 Å². The molecule has 1 atom stereocenters. The van der Waals surface area contributed by atoms with Crippen LogP contribution in [0.4, 0.5) is 11.4 Å². The van der Waals surface area contributed by atoms with Crippen molar-refractivity contribution >= 4 is 11.4 Å². The summed E-state index contributed by atoms with van der Waals surface area (Å²) >= 11 is 0. The van der Waals surface area contributed by atoms with Gasteiger partial charge in [0.1, 0.15) is 5.69 Å². The lowest BCUT2D eigenvalue weighted by atomic mass is 9.99. The Kier molecular flexibility index (Phi) is 5.06. The van der Waals surface area contributed by atoms with Gasteiger partial charge in [-0.25, -0.2) is 0 Å². The molecule has 0 fully saturated rings. The molecule has 0 aromatic heterocycles. The molecule has 0 heterocycles. The third kappa shape index (κ3) is 4.21. The number of rotatable bonds is 6. The molecule has 1 aromatic rings. The smallest absolute Gasteiger partial charge is 0.293 e. The number of benzene rings is 1. The summed E-state index contributed by atoms with van der Waals surface area (Å²) in [4.78, 5) is 10.6. The zero-order valence-electron chi connectivity index (χ0n) is 12.1. The van der Waals surface area contributed by atoms with Crippen molar-refractivity contribution < 1.29 is 9.66 Å². The number of nitrogens with one attached hydrogen (secondary N) is 1. The first-order valence-electron chi connectivity index (χ1n) is 6.29. The number of nitrogens with zero attached hydrogens (tertiary/aromatic N) is 2. The van der Waals surface area contributed by atoms with Crippen molar-refractivity contribution in [3.63, 3.8) is 0 Å². The van der Waals surface area contributed by atoms with Crippen LogP contribution in [0.15, 0.2) is 18.2 Å². The minimum absolute atomic E-state index is 0.00316. The summed E-state index contributed by atoms with van der Waals surface area (Å²) < 4.78 is 5.34. The summed E-state index contributed by atoms with van der Waals surface area (Å²) in [5.41, 5.74) is 0.278.